The number of benzene rings is 1. The summed E-state index contributed by atoms with van der Waals surface area (Å²) in [6.07, 6.45) is 1.25. The van der Waals surface area contributed by atoms with Gasteiger partial charge in [-0.05, 0) is 44.6 Å². The maximum atomic E-state index is 5.75. The highest BCUT2D eigenvalue weighted by Gasteiger charge is 2.18. The zero-order valence-corrected chi connectivity index (χ0v) is 12.0. The molecule has 0 radical (unpaired) electrons. The third-order valence-corrected chi connectivity index (χ3v) is 3.36. The van der Waals surface area contributed by atoms with Crippen LogP contribution in [0.4, 0.5) is 0 Å². The van der Waals surface area contributed by atoms with Crippen molar-refractivity contribution >= 4 is 12.4 Å². The number of halogens is 1. The van der Waals surface area contributed by atoms with E-state index in [0.29, 0.717) is 6.04 Å². The van der Waals surface area contributed by atoms with Gasteiger partial charge in [0.25, 0.3) is 0 Å². The van der Waals surface area contributed by atoms with Gasteiger partial charge in [0.2, 0.25) is 0 Å². The second-order valence-corrected chi connectivity index (χ2v) is 4.79. The van der Waals surface area contributed by atoms with Gasteiger partial charge in [0.1, 0.15) is 12.4 Å². The van der Waals surface area contributed by atoms with Gasteiger partial charge in [-0.15, -0.1) is 12.4 Å². The lowest BCUT2D eigenvalue weighted by atomic mass is 10.2. The molecule has 0 aromatic heterocycles. The smallest absolute Gasteiger partial charge is 0.119 e. The summed E-state index contributed by atoms with van der Waals surface area (Å²) in [6, 6.07) is 8.90. The molecule has 1 saturated heterocycles. The van der Waals surface area contributed by atoms with E-state index >= 15 is 0 Å². The molecule has 1 fully saturated rings. The highest BCUT2D eigenvalue weighted by Crippen LogP contribution is 2.12. The number of hydrogen-bond acceptors (Lipinski definition) is 3. The first-order chi connectivity index (χ1) is 8.25. The molecule has 1 heterocycles. The molecule has 0 bridgehead atoms. The fourth-order valence-electron chi connectivity index (χ4n) is 2.21. The summed E-state index contributed by atoms with van der Waals surface area (Å²) >= 11 is 0. The lowest BCUT2D eigenvalue weighted by molar-refractivity contribution is 0.199. The summed E-state index contributed by atoms with van der Waals surface area (Å²) in [4.78, 5) is 2.38. The lowest BCUT2D eigenvalue weighted by Gasteiger charge is -2.23. The van der Waals surface area contributed by atoms with Crippen LogP contribution in [0.1, 0.15) is 12.0 Å². The Balaban J connectivity index is 0.00000162. The molecule has 0 spiro atoms. The predicted octanol–water partition coefficient (Wildman–Crippen LogP) is 2.09. The quantitative estimate of drug-likeness (QED) is 0.887. The summed E-state index contributed by atoms with van der Waals surface area (Å²) in [6.45, 7) is 6.09. The Morgan fingerprint density at radius 1 is 1.44 bits per heavy atom. The molecule has 1 aliphatic heterocycles. The van der Waals surface area contributed by atoms with Gasteiger partial charge in [0.15, 0.2) is 0 Å². The van der Waals surface area contributed by atoms with Gasteiger partial charge in [-0.1, -0.05) is 12.1 Å². The van der Waals surface area contributed by atoms with Crippen LogP contribution in [0.5, 0.6) is 5.75 Å². The Kier molecular flexibility index (Phi) is 6.47. The van der Waals surface area contributed by atoms with Gasteiger partial charge in [-0.3, -0.25) is 4.90 Å². The van der Waals surface area contributed by atoms with Gasteiger partial charge in [0.05, 0.1) is 0 Å². The fraction of sp³-hybridized carbons (Fsp3) is 0.571. The molecular formula is C14H23ClN2O. The normalized spacial score (nSPS) is 18.7. The van der Waals surface area contributed by atoms with Crippen molar-refractivity contribution in [2.75, 3.05) is 33.3 Å². The van der Waals surface area contributed by atoms with Crippen LogP contribution >= 0.6 is 12.4 Å². The molecule has 1 aliphatic rings. The summed E-state index contributed by atoms with van der Waals surface area (Å²) in [5, 5.41) is 3.39. The van der Waals surface area contributed by atoms with Crippen molar-refractivity contribution < 1.29 is 4.74 Å². The minimum Gasteiger partial charge on any atom is -0.492 e. The average molecular weight is 271 g/mol. The van der Waals surface area contributed by atoms with E-state index in [2.05, 4.69) is 36.3 Å². The van der Waals surface area contributed by atoms with Crippen LogP contribution in [0.15, 0.2) is 24.3 Å². The van der Waals surface area contributed by atoms with Gasteiger partial charge in [-0.25, -0.2) is 0 Å². The first-order valence-electron chi connectivity index (χ1n) is 6.36. The molecule has 0 saturated carbocycles. The largest absolute Gasteiger partial charge is 0.492 e. The van der Waals surface area contributed by atoms with Crippen molar-refractivity contribution in [2.24, 2.45) is 0 Å². The van der Waals surface area contributed by atoms with Crippen LogP contribution in [-0.2, 0) is 0 Å². The highest BCUT2D eigenvalue weighted by atomic mass is 35.5. The van der Waals surface area contributed by atoms with E-state index in [9.17, 15) is 0 Å². The van der Waals surface area contributed by atoms with Gasteiger partial charge >= 0.3 is 0 Å². The van der Waals surface area contributed by atoms with E-state index in [4.69, 9.17) is 4.74 Å². The van der Waals surface area contributed by atoms with Crippen molar-refractivity contribution in [3.05, 3.63) is 29.8 Å². The first-order valence-corrected chi connectivity index (χ1v) is 6.36. The maximum Gasteiger partial charge on any atom is 0.119 e. The zero-order chi connectivity index (χ0) is 12.1. The topological polar surface area (TPSA) is 24.5 Å². The Bertz CT molecular complexity index is 353. The number of likely N-dealkylation sites (N-methyl/N-ethyl adjacent to an activating group) is 1. The van der Waals surface area contributed by atoms with E-state index in [1.807, 2.05) is 12.1 Å². The fourth-order valence-corrected chi connectivity index (χ4v) is 2.21. The Morgan fingerprint density at radius 2 is 2.28 bits per heavy atom. The molecule has 1 aromatic carbocycles. The maximum absolute atomic E-state index is 5.75. The standard InChI is InChI=1S/C14H22N2O.ClH/c1-12-4-3-5-14(10-12)17-9-8-16(2)13-6-7-15-11-13;/h3-5,10,13,15H,6-9,11H2,1-2H3;1H. The molecular weight excluding hydrogens is 248 g/mol. The lowest BCUT2D eigenvalue weighted by Crippen LogP contribution is -2.36. The highest BCUT2D eigenvalue weighted by molar-refractivity contribution is 5.85. The second kappa shape index (κ2) is 7.62. The zero-order valence-electron chi connectivity index (χ0n) is 11.2. The second-order valence-electron chi connectivity index (χ2n) is 4.79. The van der Waals surface area contributed by atoms with Crippen LogP contribution in [0.3, 0.4) is 0 Å². The minimum absolute atomic E-state index is 0. The molecule has 18 heavy (non-hydrogen) atoms. The van der Waals surface area contributed by atoms with Crippen LogP contribution < -0.4 is 10.1 Å². The van der Waals surface area contributed by atoms with Crippen LogP contribution in [0.25, 0.3) is 0 Å². The number of nitrogens with one attached hydrogen (secondary N) is 1. The molecule has 0 amide bonds. The summed E-state index contributed by atoms with van der Waals surface area (Å²) < 4.78 is 5.75. The van der Waals surface area contributed by atoms with Crippen molar-refractivity contribution in [3.63, 3.8) is 0 Å². The Hall–Kier alpha value is -0.770. The predicted molar refractivity (Wildman–Crippen MR) is 77.8 cm³/mol. The molecule has 4 heteroatoms. The van der Waals surface area contributed by atoms with Crippen molar-refractivity contribution in [1.82, 2.24) is 10.2 Å². The summed E-state index contributed by atoms with van der Waals surface area (Å²) in [7, 11) is 2.18. The van der Waals surface area contributed by atoms with Crippen molar-refractivity contribution in [1.29, 1.82) is 0 Å². The van der Waals surface area contributed by atoms with Gasteiger partial charge < -0.3 is 10.1 Å². The first kappa shape index (κ1) is 15.3. The van der Waals surface area contributed by atoms with Crippen LogP contribution in [-0.4, -0.2) is 44.2 Å². The van der Waals surface area contributed by atoms with E-state index in [1.165, 1.54) is 12.0 Å². The number of ether oxygens (including phenoxy) is 1. The Morgan fingerprint density at radius 3 is 2.94 bits per heavy atom. The molecule has 1 aromatic rings. The van der Waals surface area contributed by atoms with E-state index in [1.54, 1.807) is 0 Å². The number of rotatable bonds is 5. The SMILES string of the molecule is Cc1cccc(OCCN(C)C2CCNC2)c1.Cl. The third kappa shape index (κ3) is 4.48. The average Bonchev–Trinajstić information content (AvgIpc) is 2.82. The van der Waals surface area contributed by atoms with Crippen molar-refractivity contribution in [3.8, 4) is 5.75 Å². The molecule has 1 unspecified atom stereocenters. The molecule has 2 rings (SSSR count). The minimum atomic E-state index is 0. The molecule has 3 nitrogen and oxygen atoms in total. The molecule has 1 N–H and O–H groups in total. The van der Waals surface area contributed by atoms with E-state index in [0.717, 1.165) is 32.0 Å². The third-order valence-electron chi connectivity index (χ3n) is 3.36. The number of aryl methyl sites for hydroxylation is 1. The van der Waals surface area contributed by atoms with Gasteiger partial charge in [-0.2, -0.15) is 0 Å². The van der Waals surface area contributed by atoms with E-state index in [-0.39, 0.29) is 12.4 Å². The Labute approximate surface area is 116 Å². The number of hydrogen-bond donors (Lipinski definition) is 1. The summed E-state index contributed by atoms with van der Waals surface area (Å²) in [5.41, 5.74) is 1.25. The molecule has 102 valence electrons. The van der Waals surface area contributed by atoms with E-state index < -0.39 is 0 Å². The molecule has 1 atom stereocenters. The number of nitrogens with zero attached hydrogens (tertiary/aromatic N) is 1. The molecule has 0 aliphatic carbocycles. The van der Waals surface area contributed by atoms with Crippen LogP contribution in [0.2, 0.25) is 0 Å². The van der Waals surface area contributed by atoms with Crippen molar-refractivity contribution in [2.45, 2.75) is 19.4 Å². The monoisotopic (exact) mass is 270 g/mol. The van der Waals surface area contributed by atoms with Gasteiger partial charge in [0, 0.05) is 19.1 Å². The summed E-state index contributed by atoms with van der Waals surface area (Å²) in [5.74, 6) is 0.975. The van der Waals surface area contributed by atoms with Crippen LogP contribution in [0, 0.1) is 6.92 Å².